The van der Waals surface area contributed by atoms with Crippen molar-refractivity contribution in [2.24, 2.45) is 0 Å². The molecule has 22 heavy (non-hydrogen) atoms. The van der Waals surface area contributed by atoms with Crippen LogP contribution in [0.25, 0.3) is 0 Å². The van der Waals surface area contributed by atoms with Crippen molar-refractivity contribution >= 4 is 11.9 Å². The van der Waals surface area contributed by atoms with Crippen molar-refractivity contribution in [3.8, 4) is 11.5 Å². The van der Waals surface area contributed by atoms with E-state index in [4.69, 9.17) is 9.47 Å². The van der Waals surface area contributed by atoms with Crippen molar-refractivity contribution in [1.29, 1.82) is 0 Å². The Kier molecular flexibility index (Phi) is 6.07. The zero-order valence-electron chi connectivity index (χ0n) is 12.2. The van der Waals surface area contributed by atoms with Gasteiger partial charge in [0.25, 0.3) is 0 Å². The Morgan fingerprint density at radius 1 is 1.09 bits per heavy atom. The minimum absolute atomic E-state index is 0.134. The van der Waals surface area contributed by atoms with Crippen LogP contribution >= 0.6 is 0 Å². The lowest BCUT2D eigenvalue weighted by Crippen LogP contribution is -2.09. The van der Waals surface area contributed by atoms with Gasteiger partial charge in [0, 0.05) is 17.2 Å². The highest BCUT2D eigenvalue weighted by Gasteiger charge is 2.11. The minimum atomic E-state index is -0.778. The smallest absolute Gasteiger partial charge is 0.338 e. The Hall–Kier alpha value is -2.89. The molecule has 0 heterocycles. The van der Waals surface area contributed by atoms with Gasteiger partial charge in [-0.2, -0.15) is 0 Å². The van der Waals surface area contributed by atoms with Crippen LogP contribution in [0.2, 0.25) is 0 Å². The lowest BCUT2D eigenvalue weighted by Gasteiger charge is -2.06. The van der Waals surface area contributed by atoms with Crippen LogP contribution in [-0.4, -0.2) is 11.9 Å². The summed E-state index contributed by atoms with van der Waals surface area (Å²) in [4.78, 5) is 22.4. The Morgan fingerprint density at radius 3 is 2.27 bits per heavy atom. The van der Waals surface area contributed by atoms with Gasteiger partial charge in [-0.1, -0.05) is 13.2 Å². The molecule has 0 aromatic heterocycles. The number of hydrogen-bond acceptors (Lipinski definition) is 5. The summed E-state index contributed by atoms with van der Waals surface area (Å²) in [6.45, 7) is 9.75. The van der Waals surface area contributed by atoms with Crippen molar-refractivity contribution in [2.45, 2.75) is 13.8 Å². The van der Waals surface area contributed by atoms with E-state index in [-0.39, 0.29) is 22.6 Å². The van der Waals surface area contributed by atoms with Crippen molar-refractivity contribution < 1.29 is 28.2 Å². The van der Waals surface area contributed by atoms with E-state index in [0.29, 0.717) is 0 Å². The molecule has 1 aromatic rings. The topological polar surface area (TPSA) is 61.8 Å². The Morgan fingerprint density at radius 2 is 1.73 bits per heavy atom. The summed E-state index contributed by atoms with van der Waals surface area (Å²) in [6, 6.07) is 3.64. The largest absolute Gasteiger partial charge is 0.462 e. The van der Waals surface area contributed by atoms with Gasteiger partial charge in [0.2, 0.25) is 0 Å². The number of rotatable bonds is 6. The molecule has 0 unspecified atom stereocenters. The first-order valence-electron chi connectivity index (χ1n) is 6.16. The van der Waals surface area contributed by atoms with E-state index >= 15 is 0 Å². The van der Waals surface area contributed by atoms with E-state index in [1.165, 1.54) is 26.0 Å². The second-order valence-electron chi connectivity index (χ2n) is 4.34. The van der Waals surface area contributed by atoms with Crippen molar-refractivity contribution in [3.63, 3.8) is 0 Å². The number of benzene rings is 1. The monoisotopic (exact) mass is 306 g/mol. The van der Waals surface area contributed by atoms with Crippen molar-refractivity contribution in [1.82, 2.24) is 0 Å². The third-order valence-electron chi connectivity index (χ3n) is 2.24. The average Bonchev–Trinajstić information content (AvgIpc) is 2.45. The molecule has 0 N–H and O–H groups in total. The predicted molar refractivity (Wildman–Crippen MR) is 77.5 cm³/mol. The molecule has 0 radical (unpaired) electrons. The number of ether oxygens (including phenoxy) is 3. The molecular weight excluding hydrogens is 291 g/mol. The van der Waals surface area contributed by atoms with E-state index in [2.05, 4.69) is 17.9 Å². The number of esters is 2. The Labute approximate surface area is 127 Å². The molecule has 0 aliphatic rings. The van der Waals surface area contributed by atoms with Crippen LogP contribution in [-0.2, 0) is 14.3 Å². The van der Waals surface area contributed by atoms with Gasteiger partial charge in [0.1, 0.15) is 18.3 Å². The molecule has 0 saturated carbocycles. The molecule has 0 fully saturated rings. The third-order valence-corrected chi connectivity index (χ3v) is 2.24. The van der Waals surface area contributed by atoms with Crippen LogP contribution in [0.5, 0.6) is 11.5 Å². The fraction of sp³-hybridized carbons (Fsp3) is 0.125. The summed E-state index contributed by atoms with van der Waals surface area (Å²) < 4.78 is 28.2. The summed E-state index contributed by atoms with van der Waals surface area (Å²) in [7, 11) is 0. The lowest BCUT2D eigenvalue weighted by molar-refractivity contribution is -0.133. The molecule has 1 aromatic carbocycles. The first-order chi connectivity index (χ1) is 10.3. The second kappa shape index (κ2) is 7.78. The SMILES string of the molecule is C=C(C)C(=O)O/C=C\Oc1ccc(OC(=O)C(=C)C)c(F)c1. The highest BCUT2D eigenvalue weighted by Crippen LogP contribution is 2.23. The number of hydrogen-bond donors (Lipinski definition) is 0. The highest BCUT2D eigenvalue weighted by molar-refractivity contribution is 5.88. The zero-order chi connectivity index (χ0) is 16.7. The average molecular weight is 306 g/mol. The molecular formula is C16H15FO5. The van der Waals surface area contributed by atoms with Crippen LogP contribution in [0.3, 0.4) is 0 Å². The number of halogens is 1. The molecule has 0 saturated heterocycles. The van der Waals surface area contributed by atoms with Crippen LogP contribution in [0.1, 0.15) is 13.8 Å². The number of carbonyl (C=O) groups excluding carboxylic acids is 2. The summed E-state index contributed by atoms with van der Waals surface area (Å²) >= 11 is 0. The van der Waals surface area contributed by atoms with Gasteiger partial charge in [-0.3, -0.25) is 0 Å². The quantitative estimate of drug-likeness (QED) is 0.349. The van der Waals surface area contributed by atoms with Crippen LogP contribution in [0, 0.1) is 5.82 Å². The molecule has 116 valence electrons. The molecule has 5 nitrogen and oxygen atoms in total. The standard InChI is InChI=1S/C16H15FO5/c1-10(2)15(18)21-8-7-20-12-5-6-14(13(17)9-12)22-16(19)11(3)4/h5-9H,1,3H2,2,4H3/b8-7-. The van der Waals surface area contributed by atoms with Crippen LogP contribution in [0.15, 0.2) is 55.0 Å². The van der Waals surface area contributed by atoms with Gasteiger partial charge in [-0.15, -0.1) is 0 Å². The van der Waals surface area contributed by atoms with Gasteiger partial charge < -0.3 is 14.2 Å². The Bertz CT molecular complexity index is 646. The van der Waals surface area contributed by atoms with E-state index < -0.39 is 17.8 Å². The van der Waals surface area contributed by atoms with Gasteiger partial charge in [-0.05, 0) is 26.0 Å². The molecule has 6 heteroatoms. The van der Waals surface area contributed by atoms with E-state index in [9.17, 15) is 14.0 Å². The van der Waals surface area contributed by atoms with E-state index in [1.54, 1.807) is 0 Å². The summed E-state index contributed by atoms with van der Waals surface area (Å²) in [5.41, 5.74) is 0.390. The second-order valence-corrected chi connectivity index (χ2v) is 4.34. The van der Waals surface area contributed by atoms with E-state index in [1.807, 2.05) is 0 Å². The van der Waals surface area contributed by atoms with Crippen LogP contribution in [0.4, 0.5) is 4.39 Å². The van der Waals surface area contributed by atoms with Crippen molar-refractivity contribution in [3.05, 3.63) is 60.8 Å². The summed E-state index contributed by atoms with van der Waals surface area (Å²) in [5, 5.41) is 0. The highest BCUT2D eigenvalue weighted by atomic mass is 19.1. The molecule has 1 rings (SSSR count). The molecule has 0 aliphatic carbocycles. The predicted octanol–water partition coefficient (Wildman–Crippen LogP) is 3.28. The molecule has 0 atom stereocenters. The molecule has 0 spiro atoms. The van der Waals surface area contributed by atoms with Gasteiger partial charge in [0.05, 0.1) is 0 Å². The third kappa shape index (κ3) is 5.24. The van der Waals surface area contributed by atoms with Gasteiger partial charge >= 0.3 is 11.9 Å². The fourth-order valence-electron chi connectivity index (χ4n) is 1.12. The Balaban J connectivity index is 2.64. The maximum Gasteiger partial charge on any atom is 0.338 e. The lowest BCUT2D eigenvalue weighted by atomic mass is 10.3. The molecule has 0 amide bonds. The molecule has 0 bridgehead atoms. The summed E-state index contributed by atoms with van der Waals surface area (Å²) in [6.07, 6.45) is 2.07. The zero-order valence-corrected chi connectivity index (χ0v) is 12.2. The van der Waals surface area contributed by atoms with E-state index in [0.717, 1.165) is 18.6 Å². The van der Waals surface area contributed by atoms with Gasteiger partial charge in [0.15, 0.2) is 11.6 Å². The normalized spacial score (nSPS) is 10.1. The van der Waals surface area contributed by atoms with Gasteiger partial charge in [-0.25, -0.2) is 14.0 Å². The first-order valence-corrected chi connectivity index (χ1v) is 6.16. The minimum Gasteiger partial charge on any atom is -0.462 e. The van der Waals surface area contributed by atoms with Crippen LogP contribution < -0.4 is 9.47 Å². The number of carbonyl (C=O) groups is 2. The van der Waals surface area contributed by atoms with Crippen molar-refractivity contribution in [2.75, 3.05) is 0 Å². The maximum absolute atomic E-state index is 13.7. The maximum atomic E-state index is 13.7. The fourth-order valence-corrected chi connectivity index (χ4v) is 1.12. The summed E-state index contributed by atoms with van der Waals surface area (Å²) in [5.74, 6) is -2.21. The first kappa shape index (κ1) is 17.2. The molecule has 0 aliphatic heterocycles.